The van der Waals surface area contributed by atoms with Gasteiger partial charge in [0.1, 0.15) is 5.69 Å². The zero-order valence-corrected chi connectivity index (χ0v) is 8.06. The Hall–Kier alpha value is -1.89. The summed E-state index contributed by atoms with van der Waals surface area (Å²) in [6.45, 7) is 1.63. The minimum absolute atomic E-state index is 0.0994. The van der Waals surface area contributed by atoms with E-state index < -0.39 is 16.9 Å². The molecule has 1 amide bonds. The molecular weight excluding hydrogens is 202 g/mol. The third-order valence-electron chi connectivity index (χ3n) is 1.68. The molecule has 0 aliphatic carbocycles. The zero-order chi connectivity index (χ0) is 11.4. The molecule has 0 saturated heterocycles. The fraction of sp³-hybridized carbons (Fsp3) is 0.375. The second kappa shape index (κ2) is 4.56. The Morgan fingerprint density at radius 1 is 1.80 bits per heavy atom. The maximum Gasteiger partial charge on any atom is 0.287 e. The average molecular weight is 213 g/mol. The first-order valence-electron chi connectivity index (χ1n) is 4.29. The number of nitro groups is 1. The summed E-state index contributed by atoms with van der Waals surface area (Å²) in [6.07, 6.45) is 0.482. The number of hydrogen-bond acceptors (Lipinski definition) is 4. The van der Waals surface area contributed by atoms with Crippen LogP contribution in [0.25, 0.3) is 0 Å². The lowest BCUT2D eigenvalue weighted by Gasteiger charge is -2.04. The number of nitrogens with one attached hydrogen (secondary N) is 2. The lowest BCUT2D eigenvalue weighted by atomic mass is 10.3. The highest BCUT2D eigenvalue weighted by Crippen LogP contribution is 2.11. The number of aliphatic hydroxyl groups is 1. The monoisotopic (exact) mass is 213 g/mol. The Bertz CT molecular complexity index is 372. The molecule has 0 spiro atoms. The van der Waals surface area contributed by atoms with Crippen LogP contribution in [-0.4, -0.2) is 33.6 Å². The van der Waals surface area contributed by atoms with Crippen LogP contribution in [0.1, 0.15) is 17.4 Å². The van der Waals surface area contributed by atoms with Crippen molar-refractivity contribution in [2.45, 2.75) is 13.0 Å². The van der Waals surface area contributed by atoms with E-state index in [4.69, 9.17) is 5.11 Å². The predicted molar refractivity (Wildman–Crippen MR) is 51.5 cm³/mol. The molecule has 82 valence electrons. The molecule has 0 unspecified atom stereocenters. The molecule has 3 N–H and O–H groups in total. The number of aliphatic hydroxyl groups excluding tert-OH is 1. The summed E-state index contributed by atoms with van der Waals surface area (Å²) >= 11 is 0. The molecule has 7 heteroatoms. The molecule has 0 saturated carbocycles. The molecule has 1 aromatic rings. The van der Waals surface area contributed by atoms with Gasteiger partial charge in [-0.3, -0.25) is 14.9 Å². The minimum Gasteiger partial charge on any atom is -0.392 e. The van der Waals surface area contributed by atoms with Crippen molar-refractivity contribution in [1.82, 2.24) is 10.3 Å². The third-order valence-corrected chi connectivity index (χ3v) is 1.68. The zero-order valence-electron chi connectivity index (χ0n) is 8.06. The van der Waals surface area contributed by atoms with Crippen molar-refractivity contribution in [3.05, 3.63) is 28.1 Å². The first-order chi connectivity index (χ1) is 7.00. The van der Waals surface area contributed by atoms with Gasteiger partial charge >= 0.3 is 0 Å². The lowest BCUT2D eigenvalue weighted by molar-refractivity contribution is -0.384. The number of hydrogen-bond donors (Lipinski definition) is 3. The van der Waals surface area contributed by atoms with Crippen LogP contribution >= 0.6 is 0 Å². The van der Waals surface area contributed by atoms with Crippen molar-refractivity contribution < 1.29 is 14.8 Å². The van der Waals surface area contributed by atoms with E-state index in [-0.39, 0.29) is 17.9 Å². The molecule has 1 aromatic heterocycles. The first kappa shape index (κ1) is 11.2. The van der Waals surface area contributed by atoms with E-state index in [0.717, 1.165) is 12.3 Å². The van der Waals surface area contributed by atoms with Gasteiger partial charge in [0.2, 0.25) is 0 Å². The fourth-order valence-electron chi connectivity index (χ4n) is 0.955. The van der Waals surface area contributed by atoms with Gasteiger partial charge in [0.05, 0.1) is 17.2 Å². The van der Waals surface area contributed by atoms with Gasteiger partial charge in [-0.2, -0.15) is 0 Å². The largest absolute Gasteiger partial charge is 0.392 e. The van der Waals surface area contributed by atoms with Gasteiger partial charge in [0, 0.05) is 12.6 Å². The van der Waals surface area contributed by atoms with Crippen LogP contribution in [0, 0.1) is 10.1 Å². The molecular formula is C8H11N3O4. The lowest BCUT2D eigenvalue weighted by Crippen LogP contribution is -2.30. The highest BCUT2D eigenvalue weighted by Gasteiger charge is 2.14. The standard InChI is InChI=1S/C8H11N3O4/c1-5(12)3-10-8(13)7-2-6(4-9-7)11(14)15/h2,4-5,9,12H,3H2,1H3,(H,10,13)/t5-/m0/s1. The maximum absolute atomic E-state index is 11.3. The molecule has 0 aliphatic heterocycles. The van der Waals surface area contributed by atoms with Crippen molar-refractivity contribution in [2.24, 2.45) is 0 Å². The summed E-state index contributed by atoms with van der Waals surface area (Å²) < 4.78 is 0. The van der Waals surface area contributed by atoms with Crippen molar-refractivity contribution in [3.8, 4) is 0 Å². The van der Waals surface area contributed by atoms with Gasteiger partial charge < -0.3 is 15.4 Å². The molecule has 7 nitrogen and oxygen atoms in total. The molecule has 0 bridgehead atoms. The number of aromatic nitrogens is 1. The summed E-state index contributed by atoms with van der Waals surface area (Å²) in [7, 11) is 0. The quantitative estimate of drug-likeness (QED) is 0.484. The van der Waals surface area contributed by atoms with E-state index in [1.165, 1.54) is 6.92 Å². The molecule has 15 heavy (non-hydrogen) atoms. The fourth-order valence-corrected chi connectivity index (χ4v) is 0.955. The van der Waals surface area contributed by atoms with Gasteiger partial charge in [-0.1, -0.05) is 0 Å². The Morgan fingerprint density at radius 2 is 2.47 bits per heavy atom. The second-order valence-electron chi connectivity index (χ2n) is 3.09. The summed E-state index contributed by atoms with van der Waals surface area (Å²) in [5.41, 5.74) is -0.0699. The number of aromatic amines is 1. The van der Waals surface area contributed by atoms with Crippen molar-refractivity contribution in [2.75, 3.05) is 6.54 Å². The van der Waals surface area contributed by atoms with Crippen LogP contribution in [-0.2, 0) is 0 Å². The number of H-pyrrole nitrogens is 1. The molecule has 0 aliphatic rings. The Kier molecular flexibility index (Phi) is 3.40. The highest BCUT2D eigenvalue weighted by atomic mass is 16.6. The molecule has 0 aromatic carbocycles. The summed E-state index contributed by atoms with van der Waals surface area (Å²) in [6, 6.07) is 1.14. The molecule has 1 heterocycles. The van der Waals surface area contributed by atoms with Gasteiger partial charge in [-0.05, 0) is 6.92 Å². The average Bonchev–Trinajstić information content (AvgIpc) is 2.62. The van der Waals surface area contributed by atoms with Crippen LogP contribution in [0.3, 0.4) is 0 Å². The van der Waals surface area contributed by atoms with Gasteiger partial charge in [-0.25, -0.2) is 0 Å². The van der Waals surface area contributed by atoms with E-state index in [2.05, 4.69) is 10.3 Å². The summed E-state index contributed by atoms with van der Waals surface area (Å²) in [5.74, 6) is -0.482. The highest BCUT2D eigenvalue weighted by molar-refractivity contribution is 5.93. The van der Waals surface area contributed by atoms with Crippen molar-refractivity contribution >= 4 is 11.6 Å². The molecule has 1 rings (SSSR count). The second-order valence-corrected chi connectivity index (χ2v) is 3.09. The SMILES string of the molecule is C[C@H](O)CNC(=O)c1cc([N+](=O)[O-])c[nH]1. The van der Waals surface area contributed by atoms with Crippen LogP contribution in [0.15, 0.2) is 12.3 Å². The Balaban J connectivity index is 2.62. The number of nitrogens with zero attached hydrogens (tertiary/aromatic N) is 1. The summed E-state index contributed by atoms with van der Waals surface area (Å²) in [5, 5.41) is 21.6. The van der Waals surface area contributed by atoms with E-state index in [0.29, 0.717) is 0 Å². The third kappa shape index (κ3) is 3.06. The molecule has 1 atom stereocenters. The smallest absolute Gasteiger partial charge is 0.287 e. The maximum atomic E-state index is 11.3. The molecule has 0 fully saturated rings. The Morgan fingerprint density at radius 3 is 2.93 bits per heavy atom. The topological polar surface area (TPSA) is 108 Å². The number of carbonyl (C=O) groups is 1. The van der Waals surface area contributed by atoms with Crippen LogP contribution < -0.4 is 5.32 Å². The van der Waals surface area contributed by atoms with E-state index in [1.54, 1.807) is 0 Å². The normalized spacial score (nSPS) is 12.1. The van der Waals surface area contributed by atoms with Gasteiger partial charge in [0.15, 0.2) is 0 Å². The summed E-state index contributed by atoms with van der Waals surface area (Å²) in [4.78, 5) is 23.5. The van der Waals surface area contributed by atoms with Crippen molar-refractivity contribution in [3.63, 3.8) is 0 Å². The van der Waals surface area contributed by atoms with Crippen LogP contribution in [0.4, 0.5) is 5.69 Å². The number of carbonyl (C=O) groups excluding carboxylic acids is 1. The number of amides is 1. The van der Waals surface area contributed by atoms with Crippen molar-refractivity contribution in [1.29, 1.82) is 0 Å². The van der Waals surface area contributed by atoms with E-state index >= 15 is 0 Å². The molecule has 0 radical (unpaired) electrons. The van der Waals surface area contributed by atoms with Gasteiger partial charge in [0.25, 0.3) is 11.6 Å². The van der Waals surface area contributed by atoms with Gasteiger partial charge in [-0.15, -0.1) is 0 Å². The Labute approximate surface area is 85.3 Å². The van der Waals surface area contributed by atoms with Crippen LogP contribution in [0.2, 0.25) is 0 Å². The first-order valence-corrected chi connectivity index (χ1v) is 4.29. The minimum atomic E-state index is -0.654. The van der Waals surface area contributed by atoms with E-state index in [9.17, 15) is 14.9 Å². The number of rotatable bonds is 4. The predicted octanol–water partition coefficient (Wildman–Crippen LogP) is 0.0335. The van der Waals surface area contributed by atoms with Crippen LogP contribution in [0.5, 0.6) is 0 Å². The van der Waals surface area contributed by atoms with E-state index in [1.807, 2.05) is 0 Å².